The highest BCUT2D eigenvalue weighted by Gasteiger charge is 2.28. The van der Waals surface area contributed by atoms with E-state index in [-0.39, 0.29) is 30.0 Å². The van der Waals surface area contributed by atoms with Gasteiger partial charge in [0, 0.05) is 12.1 Å². The first kappa shape index (κ1) is 21.8. The minimum absolute atomic E-state index is 0. The number of aromatic nitrogens is 3. The highest BCUT2D eigenvalue weighted by molar-refractivity contribution is 5.93. The molecule has 3 rings (SSSR count). The summed E-state index contributed by atoms with van der Waals surface area (Å²) in [7, 11) is 0. The van der Waals surface area contributed by atoms with Gasteiger partial charge in [-0.15, -0.1) is 17.5 Å². The Bertz CT molecular complexity index is 844. The molecule has 2 N–H and O–H groups in total. The number of rotatable bonds is 5. The third-order valence-corrected chi connectivity index (χ3v) is 5.02. The normalized spacial score (nSPS) is 15.0. The molecule has 9 nitrogen and oxygen atoms in total. The molecule has 1 aliphatic rings. The third-order valence-electron chi connectivity index (χ3n) is 5.02. The Kier molecular flexibility index (Phi) is 6.73. The first-order valence-corrected chi connectivity index (χ1v) is 8.99. The molecule has 0 spiro atoms. The predicted molar refractivity (Wildman–Crippen MR) is 107 cm³/mol. The fraction of sp³-hybridized carbons (Fsp3) is 0.500. The quantitative estimate of drug-likeness (QED) is 0.580. The van der Waals surface area contributed by atoms with Gasteiger partial charge in [0.1, 0.15) is 0 Å². The maximum atomic E-state index is 12.8. The molecule has 0 saturated carbocycles. The Morgan fingerprint density at radius 1 is 1.29 bits per heavy atom. The summed E-state index contributed by atoms with van der Waals surface area (Å²) in [5.41, 5.74) is 1.13. The van der Waals surface area contributed by atoms with Gasteiger partial charge in [0.05, 0.1) is 22.2 Å². The Hall–Kier alpha value is -2.52. The number of nitro groups is 1. The standard InChI is InChI=1S/C18H24N6O3.ClH/c1-12-16(21-22-23(12)14-8-10-19-11-9-14)17(25)20-18(2,3)13-4-6-15(7-5-13)24(26)27;/h4-7,14,19H,8-11H2,1-3H3,(H,20,25);1H. The summed E-state index contributed by atoms with van der Waals surface area (Å²) >= 11 is 0. The second-order valence-electron chi connectivity index (χ2n) is 7.33. The Morgan fingerprint density at radius 3 is 2.46 bits per heavy atom. The second-order valence-corrected chi connectivity index (χ2v) is 7.33. The van der Waals surface area contributed by atoms with Crippen molar-refractivity contribution >= 4 is 24.0 Å². The molecule has 0 radical (unpaired) electrons. The molecule has 1 aromatic carbocycles. The number of carbonyl (C=O) groups excluding carboxylic acids is 1. The summed E-state index contributed by atoms with van der Waals surface area (Å²) in [5, 5.41) is 25.4. The summed E-state index contributed by atoms with van der Waals surface area (Å²) in [5.74, 6) is -0.309. The number of halogens is 1. The first-order chi connectivity index (χ1) is 12.8. The number of piperidine rings is 1. The number of nitro benzene ring substituents is 1. The van der Waals surface area contributed by atoms with Crippen LogP contribution in [0.5, 0.6) is 0 Å². The smallest absolute Gasteiger partial charge is 0.274 e. The second kappa shape index (κ2) is 8.66. The van der Waals surface area contributed by atoms with Gasteiger partial charge < -0.3 is 10.6 Å². The van der Waals surface area contributed by atoms with Crippen LogP contribution in [0.15, 0.2) is 24.3 Å². The number of hydrogen-bond acceptors (Lipinski definition) is 6. The average molecular weight is 409 g/mol. The van der Waals surface area contributed by atoms with Crippen molar-refractivity contribution in [1.82, 2.24) is 25.6 Å². The van der Waals surface area contributed by atoms with Crippen LogP contribution in [0.25, 0.3) is 0 Å². The fourth-order valence-electron chi connectivity index (χ4n) is 3.36. The number of nitrogens with one attached hydrogen (secondary N) is 2. The maximum absolute atomic E-state index is 12.8. The molecule has 1 aromatic heterocycles. The summed E-state index contributed by atoms with van der Waals surface area (Å²) in [4.78, 5) is 23.1. The van der Waals surface area contributed by atoms with Gasteiger partial charge in [0.25, 0.3) is 11.6 Å². The van der Waals surface area contributed by atoms with E-state index in [9.17, 15) is 14.9 Å². The number of carbonyl (C=O) groups is 1. The highest BCUT2D eigenvalue weighted by atomic mass is 35.5. The highest BCUT2D eigenvalue weighted by Crippen LogP contribution is 2.24. The van der Waals surface area contributed by atoms with Crippen molar-refractivity contribution in [2.45, 2.75) is 45.2 Å². The molecular weight excluding hydrogens is 384 g/mol. The summed E-state index contributed by atoms with van der Waals surface area (Å²) in [6.45, 7) is 7.41. The Morgan fingerprint density at radius 2 is 1.89 bits per heavy atom. The van der Waals surface area contributed by atoms with Gasteiger partial charge in [-0.3, -0.25) is 14.9 Å². The largest absolute Gasteiger partial charge is 0.342 e. The van der Waals surface area contributed by atoms with Crippen molar-refractivity contribution in [1.29, 1.82) is 0 Å². The SMILES string of the molecule is Cc1c(C(=O)NC(C)(C)c2ccc([N+](=O)[O-])cc2)nnn1C1CCNCC1.Cl. The minimum Gasteiger partial charge on any atom is -0.342 e. The van der Waals surface area contributed by atoms with E-state index in [1.165, 1.54) is 12.1 Å². The first-order valence-electron chi connectivity index (χ1n) is 8.99. The van der Waals surface area contributed by atoms with Gasteiger partial charge in [-0.1, -0.05) is 5.21 Å². The van der Waals surface area contributed by atoms with E-state index in [1.807, 2.05) is 25.5 Å². The van der Waals surface area contributed by atoms with Crippen LogP contribution >= 0.6 is 12.4 Å². The van der Waals surface area contributed by atoms with E-state index in [1.54, 1.807) is 12.1 Å². The van der Waals surface area contributed by atoms with Gasteiger partial charge in [0.15, 0.2) is 5.69 Å². The molecule has 1 amide bonds. The van der Waals surface area contributed by atoms with Crippen LogP contribution in [0.3, 0.4) is 0 Å². The van der Waals surface area contributed by atoms with E-state index >= 15 is 0 Å². The molecule has 10 heteroatoms. The van der Waals surface area contributed by atoms with Crippen LogP contribution in [-0.2, 0) is 5.54 Å². The number of benzene rings is 1. The van der Waals surface area contributed by atoms with Crippen LogP contribution < -0.4 is 10.6 Å². The van der Waals surface area contributed by atoms with Crippen molar-refractivity contribution in [2.24, 2.45) is 0 Å². The molecule has 0 aliphatic carbocycles. The molecule has 1 saturated heterocycles. The monoisotopic (exact) mass is 408 g/mol. The molecule has 0 atom stereocenters. The minimum atomic E-state index is -0.711. The van der Waals surface area contributed by atoms with Crippen LogP contribution in [-0.4, -0.2) is 38.9 Å². The zero-order valence-electron chi connectivity index (χ0n) is 16.1. The van der Waals surface area contributed by atoms with E-state index in [0.717, 1.165) is 37.2 Å². The maximum Gasteiger partial charge on any atom is 0.274 e. The van der Waals surface area contributed by atoms with Crippen LogP contribution in [0.4, 0.5) is 5.69 Å². The molecule has 1 fully saturated rings. The van der Waals surface area contributed by atoms with Crippen molar-refractivity contribution in [2.75, 3.05) is 13.1 Å². The number of non-ortho nitro benzene ring substituents is 1. The van der Waals surface area contributed by atoms with Gasteiger partial charge in [-0.05, 0) is 64.4 Å². The van der Waals surface area contributed by atoms with E-state index < -0.39 is 10.5 Å². The number of nitrogens with zero attached hydrogens (tertiary/aromatic N) is 4. The van der Waals surface area contributed by atoms with E-state index in [2.05, 4.69) is 20.9 Å². The number of amides is 1. The molecule has 28 heavy (non-hydrogen) atoms. The zero-order valence-corrected chi connectivity index (χ0v) is 17.0. The van der Waals surface area contributed by atoms with Crippen LogP contribution in [0.2, 0.25) is 0 Å². The zero-order chi connectivity index (χ0) is 19.6. The summed E-state index contributed by atoms with van der Waals surface area (Å²) in [6.07, 6.45) is 1.92. The summed E-state index contributed by atoms with van der Waals surface area (Å²) in [6, 6.07) is 6.42. The average Bonchev–Trinajstić information content (AvgIpc) is 3.04. The summed E-state index contributed by atoms with van der Waals surface area (Å²) < 4.78 is 1.84. The molecular formula is C18H25ClN6O3. The van der Waals surface area contributed by atoms with Gasteiger partial charge in [0.2, 0.25) is 0 Å². The van der Waals surface area contributed by atoms with Crippen molar-refractivity contribution < 1.29 is 9.72 Å². The molecule has 0 bridgehead atoms. The molecule has 152 valence electrons. The van der Waals surface area contributed by atoms with Crippen molar-refractivity contribution in [3.05, 3.63) is 51.3 Å². The van der Waals surface area contributed by atoms with Crippen LogP contribution in [0, 0.1) is 17.0 Å². The lowest BCUT2D eigenvalue weighted by molar-refractivity contribution is -0.384. The van der Waals surface area contributed by atoms with E-state index in [0.29, 0.717) is 5.69 Å². The van der Waals surface area contributed by atoms with Gasteiger partial charge in [-0.25, -0.2) is 4.68 Å². The fourth-order valence-corrected chi connectivity index (χ4v) is 3.36. The topological polar surface area (TPSA) is 115 Å². The van der Waals surface area contributed by atoms with Crippen molar-refractivity contribution in [3.63, 3.8) is 0 Å². The Labute approximate surface area is 169 Å². The van der Waals surface area contributed by atoms with Gasteiger partial charge in [-0.2, -0.15) is 0 Å². The lowest BCUT2D eigenvalue weighted by Gasteiger charge is -2.26. The van der Waals surface area contributed by atoms with E-state index in [4.69, 9.17) is 0 Å². The Balaban J connectivity index is 0.00000280. The number of hydrogen-bond donors (Lipinski definition) is 2. The van der Waals surface area contributed by atoms with Crippen LogP contribution in [0.1, 0.15) is 54.5 Å². The lowest BCUT2D eigenvalue weighted by atomic mass is 9.94. The third kappa shape index (κ3) is 4.48. The van der Waals surface area contributed by atoms with Gasteiger partial charge >= 0.3 is 0 Å². The molecule has 1 aliphatic heterocycles. The predicted octanol–water partition coefficient (Wildman–Crippen LogP) is 2.51. The van der Waals surface area contributed by atoms with Crippen molar-refractivity contribution in [3.8, 4) is 0 Å². The lowest BCUT2D eigenvalue weighted by Crippen LogP contribution is -2.41. The molecule has 0 unspecified atom stereocenters. The molecule has 2 heterocycles. The molecule has 2 aromatic rings.